The molecule has 4 aliphatic rings. The third-order valence-electron chi connectivity index (χ3n) is 11.4. The lowest BCUT2D eigenvalue weighted by Crippen LogP contribution is -2.55. The monoisotopic (exact) mass is 446 g/mol. The molecular formula is C29H50O3. The maximum Gasteiger partial charge on any atom is 0.0757 e. The smallest absolute Gasteiger partial charge is 0.0757 e. The Kier molecular flexibility index (Phi) is 6.96. The zero-order valence-corrected chi connectivity index (χ0v) is 21.6. The molecule has 11 atom stereocenters. The van der Waals surface area contributed by atoms with Crippen molar-refractivity contribution < 1.29 is 15.3 Å². The molecule has 184 valence electrons. The van der Waals surface area contributed by atoms with Crippen molar-refractivity contribution in [2.75, 3.05) is 0 Å². The van der Waals surface area contributed by atoms with Gasteiger partial charge in [0.1, 0.15) is 0 Å². The van der Waals surface area contributed by atoms with Gasteiger partial charge in [0.05, 0.1) is 18.3 Å². The van der Waals surface area contributed by atoms with Crippen LogP contribution in [0.25, 0.3) is 0 Å². The van der Waals surface area contributed by atoms with Gasteiger partial charge in [-0.25, -0.2) is 0 Å². The summed E-state index contributed by atoms with van der Waals surface area (Å²) < 4.78 is 0. The Balaban J connectivity index is 1.55. The summed E-state index contributed by atoms with van der Waals surface area (Å²) in [5.41, 5.74) is 1.70. The molecule has 0 bridgehead atoms. The van der Waals surface area contributed by atoms with Crippen molar-refractivity contribution in [3.63, 3.8) is 0 Å². The van der Waals surface area contributed by atoms with Gasteiger partial charge in [0.15, 0.2) is 0 Å². The van der Waals surface area contributed by atoms with E-state index in [0.717, 1.165) is 32.1 Å². The van der Waals surface area contributed by atoms with Crippen molar-refractivity contribution in [3.8, 4) is 0 Å². The highest BCUT2D eigenvalue weighted by Gasteiger charge is 2.61. The summed E-state index contributed by atoms with van der Waals surface area (Å²) in [7, 11) is 0. The number of fused-ring (bicyclic) bond motifs is 5. The molecule has 0 aromatic heterocycles. The summed E-state index contributed by atoms with van der Waals surface area (Å²) in [6.45, 7) is 14.1. The largest absolute Gasteiger partial charge is 0.393 e. The Morgan fingerprint density at radius 3 is 2.38 bits per heavy atom. The molecule has 0 aromatic carbocycles. The lowest BCUT2D eigenvalue weighted by molar-refractivity contribution is -0.103. The Hall–Kier alpha value is -0.380. The van der Waals surface area contributed by atoms with E-state index in [4.69, 9.17) is 0 Å². The SMILES string of the molecule is CCC(C[C@H](O)[C@@H](C)C1CCC2C3C(O)C=C4C[C@@H](O)CC[C@]4(C)C3CC[C@@]21C)C(C)C. The highest BCUT2D eigenvalue weighted by Crippen LogP contribution is 2.67. The summed E-state index contributed by atoms with van der Waals surface area (Å²) in [6.07, 6.45) is 10.9. The molecule has 0 aliphatic heterocycles. The second-order valence-electron chi connectivity index (χ2n) is 13.1. The predicted molar refractivity (Wildman–Crippen MR) is 131 cm³/mol. The first-order valence-corrected chi connectivity index (χ1v) is 13.8. The van der Waals surface area contributed by atoms with E-state index in [1.807, 2.05) is 0 Å². The second-order valence-corrected chi connectivity index (χ2v) is 13.1. The van der Waals surface area contributed by atoms with Crippen molar-refractivity contribution >= 4 is 0 Å². The topological polar surface area (TPSA) is 60.7 Å². The van der Waals surface area contributed by atoms with Gasteiger partial charge in [0, 0.05) is 0 Å². The minimum atomic E-state index is -0.373. The summed E-state index contributed by atoms with van der Waals surface area (Å²) in [6, 6.07) is 0. The first-order valence-electron chi connectivity index (χ1n) is 13.8. The summed E-state index contributed by atoms with van der Waals surface area (Å²) in [5, 5.41) is 32.9. The van der Waals surface area contributed by atoms with E-state index in [2.05, 4.69) is 47.6 Å². The van der Waals surface area contributed by atoms with Crippen molar-refractivity contribution in [1.29, 1.82) is 0 Å². The van der Waals surface area contributed by atoms with Crippen LogP contribution >= 0.6 is 0 Å². The van der Waals surface area contributed by atoms with E-state index in [0.29, 0.717) is 41.4 Å². The van der Waals surface area contributed by atoms with Gasteiger partial charge in [-0.3, -0.25) is 0 Å². The van der Waals surface area contributed by atoms with Gasteiger partial charge in [-0.1, -0.05) is 59.6 Å². The fourth-order valence-electron chi connectivity index (χ4n) is 9.24. The standard InChI is InChI=1S/C29H50O3/c1-7-19(17(2)3)14-25(31)18(4)22-8-9-23-27-24(11-13-29(22,23)6)28(5)12-10-21(30)15-20(28)16-26(27)32/h16-19,21-27,30-32H,7-15H2,1-6H3/t18-,19?,21-,22?,23?,24?,25-,26?,27?,28-,29+/m0/s1. The molecule has 0 spiro atoms. The summed E-state index contributed by atoms with van der Waals surface area (Å²) >= 11 is 0. The summed E-state index contributed by atoms with van der Waals surface area (Å²) in [4.78, 5) is 0. The molecule has 0 aromatic rings. The normalized spacial score (nSPS) is 46.6. The van der Waals surface area contributed by atoms with Crippen molar-refractivity contribution in [1.82, 2.24) is 0 Å². The highest BCUT2D eigenvalue weighted by molar-refractivity contribution is 5.28. The van der Waals surface area contributed by atoms with Crippen molar-refractivity contribution in [3.05, 3.63) is 11.6 Å². The Morgan fingerprint density at radius 1 is 1.00 bits per heavy atom. The lowest BCUT2D eigenvalue weighted by atomic mass is 9.46. The van der Waals surface area contributed by atoms with Crippen LogP contribution in [0.3, 0.4) is 0 Å². The molecule has 0 radical (unpaired) electrons. The quantitative estimate of drug-likeness (QED) is 0.441. The zero-order chi connectivity index (χ0) is 23.4. The number of rotatable bonds is 6. The van der Waals surface area contributed by atoms with Gasteiger partial charge in [0.25, 0.3) is 0 Å². The van der Waals surface area contributed by atoms with Gasteiger partial charge in [-0.2, -0.15) is 0 Å². The fourth-order valence-corrected chi connectivity index (χ4v) is 9.24. The second kappa shape index (κ2) is 9.00. The maximum absolute atomic E-state index is 11.3. The van der Waals surface area contributed by atoms with Crippen LogP contribution in [-0.2, 0) is 0 Å². The fraction of sp³-hybridized carbons (Fsp3) is 0.931. The minimum absolute atomic E-state index is 0.152. The van der Waals surface area contributed by atoms with Crippen LogP contribution in [0, 0.1) is 52.3 Å². The van der Waals surface area contributed by atoms with Crippen molar-refractivity contribution in [2.45, 2.75) is 118 Å². The molecule has 3 heteroatoms. The molecule has 4 rings (SSSR count). The first kappa shape index (κ1) is 24.7. The average molecular weight is 447 g/mol. The van der Waals surface area contributed by atoms with Gasteiger partial charge in [0.2, 0.25) is 0 Å². The number of aliphatic hydroxyl groups is 3. The van der Waals surface area contributed by atoms with Crippen LogP contribution in [0.2, 0.25) is 0 Å². The van der Waals surface area contributed by atoms with Gasteiger partial charge >= 0.3 is 0 Å². The van der Waals surface area contributed by atoms with E-state index in [9.17, 15) is 15.3 Å². The molecule has 3 saturated carbocycles. The van der Waals surface area contributed by atoms with Crippen molar-refractivity contribution in [2.24, 2.45) is 52.3 Å². The first-order chi connectivity index (χ1) is 15.0. The van der Waals surface area contributed by atoms with Crippen LogP contribution in [-0.4, -0.2) is 33.6 Å². The minimum Gasteiger partial charge on any atom is -0.393 e. The van der Waals surface area contributed by atoms with Gasteiger partial charge < -0.3 is 15.3 Å². The Labute approximate surface area is 197 Å². The maximum atomic E-state index is 11.3. The molecule has 0 amide bonds. The number of hydrogen-bond donors (Lipinski definition) is 3. The Morgan fingerprint density at radius 2 is 1.72 bits per heavy atom. The zero-order valence-electron chi connectivity index (χ0n) is 21.6. The number of hydrogen-bond acceptors (Lipinski definition) is 3. The molecule has 32 heavy (non-hydrogen) atoms. The van der Waals surface area contributed by atoms with E-state index in [-0.39, 0.29) is 29.1 Å². The predicted octanol–water partition coefficient (Wildman–Crippen LogP) is 5.97. The lowest BCUT2D eigenvalue weighted by Gasteiger charge is -2.59. The van der Waals surface area contributed by atoms with E-state index >= 15 is 0 Å². The molecule has 4 aliphatic carbocycles. The Bertz CT molecular complexity index is 701. The van der Waals surface area contributed by atoms with Crippen LogP contribution in [0.5, 0.6) is 0 Å². The number of aliphatic hydroxyl groups excluding tert-OH is 3. The summed E-state index contributed by atoms with van der Waals surface area (Å²) in [5.74, 6) is 3.51. The third-order valence-corrected chi connectivity index (χ3v) is 11.4. The van der Waals surface area contributed by atoms with E-state index in [1.165, 1.54) is 31.3 Å². The molecule has 3 nitrogen and oxygen atoms in total. The van der Waals surface area contributed by atoms with E-state index < -0.39 is 0 Å². The van der Waals surface area contributed by atoms with Gasteiger partial charge in [-0.05, 0) is 104 Å². The molecular weight excluding hydrogens is 396 g/mol. The van der Waals surface area contributed by atoms with Crippen LogP contribution in [0.15, 0.2) is 11.6 Å². The molecule has 0 saturated heterocycles. The molecule has 3 fully saturated rings. The molecule has 6 unspecified atom stereocenters. The van der Waals surface area contributed by atoms with Crippen LogP contribution in [0.1, 0.15) is 99.3 Å². The van der Waals surface area contributed by atoms with Gasteiger partial charge in [-0.15, -0.1) is 0 Å². The molecule has 3 N–H and O–H groups in total. The molecule has 0 heterocycles. The average Bonchev–Trinajstić information content (AvgIpc) is 3.09. The third kappa shape index (κ3) is 3.93. The van der Waals surface area contributed by atoms with Crippen LogP contribution in [0.4, 0.5) is 0 Å². The highest BCUT2D eigenvalue weighted by atomic mass is 16.3. The van der Waals surface area contributed by atoms with E-state index in [1.54, 1.807) is 0 Å². The van der Waals surface area contributed by atoms with Crippen LogP contribution < -0.4 is 0 Å².